The number of likely N-dealkylation sites (N-methyl/N-ethyl adjacent to an activating group) is 1. The van der Waals surface area contributed by atoms with E-state index in [4.69, 9.17) is 4.74 Å². The van der Waals surface area contributed by atoms with Crippen LogP contribution in [0.25, 0.3) is 0 Å². The summed E-state index contributed by atoms with van der Waals surface area (Å²) in [6.07, 6.45) is 6.10. The Balaban J connectivity index is 1.39. The number of hydrogen-bond acceptors (Lipinski definition) is 4. The third-order valence-corrected chi connectivity index (χ3v) is 6.15. The largest absolute Gasteiger partial charge is 0.456 e. The van der Waals surface area contributed by atoms with Crippen molar-refractivity contribution in [3.63, 3.8) is 0 Å². The Morgan fingerprint density at radius 1 is 1.18 bits per heavy atom. The molecule has 0 saturated heterocycles. The molecule has 0 aliphatic heterocycles. The molecule has 152 valence electrons. The number of para-hydroxylation sites is 1. The number of benzene rings is 1. The lowest BCUT2D eigenvalue weighted by atomic mass is 9.86. The highest BCUT2D eigenvalue weighted by molar-refractivity contribution is 5.95. The van der Waals surface area contributed by atoms with E-state index in [9.17, 15) is 14.4 Å². The summed E-state index contributed by atoms with van der Waals surface area (Å²) < 4.78 is 5.17. The zero-order valence-electron chi connectivity index (χ0n) is 16.8. The van der Waals surface area contributed by atoms with Gasteiger partial charge in [0.2, 0.25) is 5.91 Å². The number of aryl methyl sites for hydroxylation is 1. The van der Waals surface area contributed by atoms with Gasteiger partial charge < -0.3 is 15.0 Å². The van der Waals surface area contributed by atoms with Gasteiger partial charge in [-0.2, -0.15) is 0 Å². The smallest absolute Gasteiger partial charge is 0.306 e. The minimum Gasteiger partial charge on any atom is -0.456 e. The van der Waals surface area contributed by atoms with Gasteiger partial charge in [-0.1, -0.05) is 31.5 Å². The van der Waals surface area contributed by atoms with Crippen LogP contribution in [0.1, 0.15) is 44.6 Å². The first kappa shape index (κ1) is 20.4. The van der Waals surface area contributed by atoms with E-state index in [1.54, 1.807) is 0 Å². The Labute approximate surface area is 166 Å². The van der Waals surface area contributed by atoms with E-state index < -0.39 is 0 Å². The molecule has 1 N–H and O–H groups in total. The van der Waals surface area contributed by atoms with Gasteiger partial charge in [0.25, 0.3) is 5.91 Å². The highest BCUT2D eigenvalue weighted by Gasteiger charge is 2.40. The maximum absolute atomic E-state index is 12.2. The van der Waals surface area contributed by atoms with Gasteiger partial charge in [-0.25, -0.2) is 0 Å². The van der Waals surface area contributed by atoms with Gasteiger partial charge in [-0.05, 0) is 55.1 Å². The molecule has 2 amide bonds. The number of hydrogen-bond donors (Lipinski definition) is 1. The summed E-state index contributed by atoms with van der Waals surface area (Å²) in [6.45, 7) is 1.63. The van der Waals surface area contributed by atoms with E-state index in [0.717, 1.165) is 30.0 Å². The Kier molecular flexibility index (Phi) is 6.70. The number of carbonyl (C=O) groups is 3. The predicted molar refractivity (Wildman–Crippen MR) is 107 cm³/mol. The van der Waals surface area contributed by atoms with Gasteiger partial charge in [0.15, 0.2) is 6.61 Å². The first-order chi connectivity index (χ1) is 13.5. The van der Waals surface area contributed by atoms with Gasteiger partial charge in [0.1, 0.15) is 0 Å². The van der Waals surface area contributed by atoms with Crippen LogP contribution in [0.2, 0.25) is 0 Å². The summed E-state index contributed by atoms with van der Waals surface area (Å²) >= 11 is 0. The van der Waals surface area contributed by atoms with Crippen LogP contribution in [-0.2, 0) is 25.5 Å². The lowest BCUT2D eigenvalue weighted by Gasteiger charge is -2.21. The first-order valence-corrected chi connectivity index (χ1v) is 10.2. The second-order valence-corrected chi connectivity index (χ2v) is 8.11. The average molecular weight is 386 g/mol. The summed E-state index contributed by atoms with van der Waals surface area (Å²) in [7, 11) is 1.54. The predicted octanol–water partition coefficient (Wildman–Crippen LogP) is 3.02. The first-order valence-electron chi connectivity index (χ1n) is 10.2. The quantitative estimate of drug-likeness (QED) is 0.697. The van der Waals surface area contributed by atoms with E-state index in [1.807, 2.05) is 31.2 Å². The van der Waals surface area contributed by atoms with Gasteiger partial charge in [-0.15, -0.1) is 0 Å². The van der Waals surface area contributed by atoms with Crippen molar-refractivity contribution in [2.75, 3.05) is 25.5 Å². The molecule has 1 aromatic rings. The van der Waals surface area contributed by atoms with Crippen molar-refractivity contribution < 1.29 is 19.1 Å². The summed E-state index contributed by atoms with van der Waals surface area (Å²) in [6, 6.07) is 7.59. The Morgan fingerprint density at radius 2 is 1.96 bits per heavy atom. The van der Waals surface area contributed by atoms with E-state index in [2.05, 4.69) is 5.32 Å². The summed E-state index contributed by atoms with van der Waals surface area (Å²) in [5.74, 6) is 0.909. The van der Waals surface area contributed by atoms with Gasteiger partial charge in [0.05, 0.1) is 6.54 Å². The number of rotatable bonds is 8. The molecular formula is C22H30N2O4. The molecule has 0 unspecified atom stereocenters. The van der Waals surface area contributed by atoms with Crippen LogP contribution in [-0.4, -0.2) is 42.9 Å². The molecule has 3 atom stereocenters. The molecular weight excluding hydrogens is 356 g/mol. The molecule has 0 radical (unpaired) electrons. The van der Waals surface area contributed by atoms with Crippen LogP contribution >= 0.6 is 0 Å². The molecule has 6 heteroatoms. The van der Waals surface area contributed by atoms with Gasteiger partial charge >= 0.3 is 5.97 Å². The third kappa shape index (κ3) is 5.12. The van der Waals surface area contributed by atoms with Crippen LogP contribution in [0.5, 0.6) is 0 Å². The van der Waals surface area contributed by atoms with Crippen LogP contribution in [0.3, 0.4) is 0 Å². The Morgan fingerprint density at radius 3 is 2.64 bits per heavy atom. The summed E-state index contributed by atoms with van der Waals surface area (Å²) in [5.41, 5.74) is 1.80. The lowest BCUT2D eigenvalue weighted by molar-refractivity contribution is -0.152. The summed E-state index contributed by atoms with van der Waals surface area (Å²) in [4.78, 5) is 37.8. The molecule has 28 heavy (non-hydrogen) atoms. The SMILES string of the molecule is CCc1ccccc1NC(=O)CN(C)C(=O)COC(=O)C[C@@H]1C[C@@H]2CC[C@@H]1C2. The molecule has 2 fully saturated rings. The number of esters is 1. The summed E-state index contributed by atoms with van der Waals surface area (Å²) in [5, 5.41) is 2.84. The van der Waals surface area contributed by atoms with Crippen LogP contribution in [0.4, 0.5) is 5.69 Å². The number of carbonyl (C=O) groups excluding carboxylic acids is 3. The number of fused-ring (bicyclic) bond motifs is 2. The number of ether oxygens (including phenoxy) is 1. The van der Waals surface area contributed by atoms with Crippen molar-refractivity contribution in [2.24, 2.45) is 17.8 Å². The minimum atomic E-state index is -0.375. The molecule has 2 aliphatic rings. The molecule has 0 spiro atoms. The van der Waals surface area contributed by atoms with Crippen molar-refractivity contribution >= 4 is 23.5 Å². The minimum absolute atomic E-state index is 0.0825. The molecule has 1 aromatic carbocycles. The average Bonchev–Trinajstić information content (AvgIpc) is 3.29. The topological polar surface area (TPSA) is 75.7 Å². The monoisotopic (exact) mass is 386 g/mol. The fourth-order valence-electron chi connectivity index (χ4n) is 4.60. The highest BCUT2D eigenvalue weighted by atomic mass is 16.5. The van der Waals surface area contributed by atoms with Crippen molar-refractivity contribution in [1.29, 1.82) is 0 Å². The van der Waals surface area contributed by atoms with Crippen molar-refractivity contribution in [3.8, 4) is 0 Å². The second kappa shape index (κ2) is 9.22. The number of nitrogens with one attached hydrogen (secondary N) is 1. The normalized spacial score (nSPS) is 22.7. The van der Waals surface area contributed by atoms with Crippen LogP contribution < -0.4 is 5.32 Å². The molecule has 0 aromatic heterocycles. The number of anilines is 1. The molecule has 2 aliphatic carbocycles. The van der Waals surface area contributed by atoms with E-state index in [-0.39, 0.29) is 30.9 Å². The standard InChI is InChI=1S/C22H30N2O4/c1-3-16-6-4-5-7-19(16)23-20(25)13-24(2)21(26)14-28-22(27)12-18-11-15-8-9-17(18)10-15/h4-7,15,17-18H,3,8-14H2,1-2H3,(H,23,25)/t15-,17-,18+/m1/s1. The van der Waals surface area contributed by atoms with E-state index in [1.165, 1.54) is 31.2 Å². The zero-order chi connectivity index (χ0) is 20.1. The van der Waals surface area contributed by atoms with Crippen LogP contribution in [0, 0.1) is 17.8 Å². The van der Waals surface area contributed by atoms with E-state index in [0.29, 0.717) is 18.3 Å². The Hall–Kier alpha value is -2.37. The number of nitrogens with zero attached hydrogens (tertiary/aromatic N) is 1. The number of amides is 2. The molecule has 3 rings (SSSR count). The molecule has 6 nitrogen and oxygen atoms in total. The molecule has 2 saturated carbocycles. The fraction of sp³-hybridized carbons (Fsp3) is 0.591. The van der Waals surface area contributed by atoms with Gasteiger partial charge in [0, 0.05) is 19.2 Å². The van der Waals surface area contributed by atoms with E-state index >= 15 is 0 Å². The maximum Gasteiger partial charge on any atom is 0.306 e. The second-order valence-electron chi connectivity index (χ2n) is 8.11. The Bertz CT molecular complexity index is 733. The lowest BCUT2D eigenvalue weighted by Crippen LogP contribution is -2.37. The van der Waals surface area contributed by atoms with Gasteiger partial charge in [-0.3, -0.25) is 14.4 Å². The third-order valence-electron chi connectivity index (χ3n) is 6.15. The molecule has 2 bridgehead atoms. The highest BCUT2D eigenvalue weighted by Crippen LogP contribution is 2.49. The van der Waals surface area contributed by atoms with Crippen molar-refractivity contribution in [1.82, 2.24) is 4.90 Å². The molecule has 0 heterocycles. The van der Waals surface area contributed by atoms with Crippen molar-refractivity contribution in [2.45, 2.75) is 45.4 Å². The van der Waals surface area contributed by atoms with Crippen molar-refractivity contribution in [3.05, 3.63) is 29.8 Å². The fourth-order valence-corrected chi connectivity index (χ4v) is 4.60. The van der Waals surface area contributed by atoms with Crippen LogP contribution in [0.15, 0.2) is 24.3 Å². The maximum atomic E-state index is 12.2. The zero-order valence-corrected chi connectivity index (χ0v) is 16.8.